The Morgan fingerprint density at radius 2 is 0.673 bits per heavy atom. The summed E-state index contributed by atoms with van der Waals surface area (Å²) >= 11 is 0. The average Bonchev–Trinajstić information content (AvgIpc) is 3.19. The first-order valence-corrected chi connectivity index (χ1v) is 25.4. The maximum absolute atomic E-state index is 12.4. The Labute approximate surface area is 346 Å². The van der Waals surface area contributed by atoms with Crippen LogP contribution in [0.15, 0.2) is 12.2 Å². The molecule has 0 aliphatic rings. The van der Waals surface area contributed by atoms with Crippen molar-refractivity contribution in [3.63, 3.8) is 0 Å². The minimum atomic E-state index is -0.832. The van der Waals surface area contributed by atoms with Crippen LogP contribution in [0, 0.1) is 0 Å². The van der Waals surface area contributed by atoms with E-state index in [4.69, 9.17) is 0 Å². The molecule has 4 nitrogen and oxygen atoms in total. The fourth-order valence-corrected chi connectivity index (χ4v) is 8.12. The van der Waals surface area contributed by atoms with Crippen LogP contribution >= 0.6 is 0 Å². The predicted octanol–water partition coefficient (Wildman–Crippen LogP) is 16.2. The number of aliphatic hydroxyl groups is 2. The summed E-state index contributed by atoms with van der Waals surface area (Å²) in [5, 5.41) is 22.9. The standard InChI is InChI=1S/C51H101NO3/c1-3-5-7-9-11-13-14-15-16-17-18-19-20-21-22-23-24-25-26-27-28-29-30-31-32-33-34-35-36-37-39-41-43-45-47-51(55)52-49(48-53)50(54)46-44-42-40-38-12-10-8-6-4-2/h44,46,49-50,53-54H,3-43,45,47-48H2,1-2H3,(H,52,55)/b46-44+/t49-,50+/m0/s1. The van der Waals surface area contributed by atoms with Gasteiger partial charge in [0.2, 0.25) is 5.91 Å². The molecular weight excluding hydrogens is 675 g/mol. The van der Waals surface area contributed by atoms with Crippen LogP contribution in [0.1, 0.15) is 290 Å². The number of carbonyl (C=O) groups is 1. The number of hydrogen-bond donors (Lipinski definition) is 3. The molecule has 0 saturated carbocycles. The van der Waals surface area contributed by atoms with E-state index in [9.17, 15) is 15.0 Å². The number of amides is 1. The van der Waals surface area contributed by atoms with E-state index in [2.05, 4.69) is 19.2 Å². The van der Waals surface area contributed by atoms with E-state index < -0.39 is 12.1 Å². The number of allylic oxidation sites excluding steroid dienone is 1. The van der Waals surface area contributed by atoms with Crippen molar-refractivity contribution in [3.05, 3.63) is 12.2 Å². The predicted molar refractivity (Wildman–Crippen MR) is 244 cm³/mol. The molecule has 0 aromatic carbocycles. The van der Waals surface area contributed by atoms with Crippen LogP contribution in [0.3, 0.4) is 0 Å². The van der Waals surface area contributed by atoms with Crippen LogP contribution in [-0.2, 0) is 4.79 Å². The van der Waals surface area contributed by atoms with Crippen molar-refractivity contribution in [2.45, 2.75) is 302 Å². The van der Waals surface area contributed by atoms with Gasteiger partial charge in [-0.2, -0.15) is 0 Å². The third-order valence-electron chi connectivity index (χ3n) is 12.0. The molecule has 0 heterocycles. The van der Waals surface area contributed by atoms with E-state index in [1.54, 1.807) is 6.08 Å². The van der Waals surface area contributed by atoms with Crippen LogP contribution in [0.25, 0.3) is 0 Å². The fraction of sp³-hybridized carbons (Fsp3) is 0.941. The maximum atomic E-state index is 12.4. The fourth-order valence-electron chi connectivity index (χ4n) is 8.12. The summed E-state index contributed by atoms with van der Waals surface area (Å²) in [6.45, 7) is 4.30. The van der Waals surface area contributed by atoms with Gasteiger partial charge in [-0.3, -0.25) is 4.79 Å². The zero-order valence-electron chi connectivity index (χ0n) is 37.7. The highest BCUT2D eigenvalue weighted by Gasteiger charge is 2.18. The molecule has 0 aliphatic carbocycles. The van der Waals surface area contributed by atoms with Crippen molar-refractivity contribution in [3.8, 4) is 0 Å². The van der Waals surface area contributed by atoms with Gasteiger partial charge in [-0.25, -0.2) is 0 Å². The lowest BCUT2D eigenvalue weighted by Gasteiger charge is -2.20. The largest absolute Gasteiger partial charge is 0.394 e. The molecule has 0 rings (SSSR count). The highest BCUT2D eigenvalue weighted by Crippen LogP contribution is 2.17. The molecule has 1 amide bonds. The van der Waals surface area contributed by atoms with Crippen molar-refractivity contribution in [2.75, 3.05) is 6.61 Å². The van der Waals surface area contributed by atoms with Gasteiger partial charge >= 0.3 is 0 Å². The van der Waals surface area contributed by atoms with Gasteiger partial charge in [-0.15, -0.1) is 0 Å². The molecule has 0 aromatic heterocycles. The van der Waals surface area contributed by atoms with Gasteiger partial charge in [-0.05, 0) is 19.3 Å². The minimum absolute atomic E-state index is 0.0607. The lowest BCUT2D eigenvalue weighted by Crippen LogP contribution is -2.45. The van der Waals surface area contributed by atoms with Crippen molar-refractivity contribution in [2.24, 2.45) is 0 Å². The summed E-state index contributed by atoms with van der Waals surface area (Å²) in [5.41, 5.74) is 0. The van der Waals surface area contributed by atoms with Crippen molar-refractivity contribution < 1.29 is 15.0 Å². The van der Waals surface area contributed by atoms with E-state index in [-0.39, 0.29) is 12.5 Å². The molecule has 0 spiro atoms. The lowest BCUT2D eigenvalue weighted by molar-refractivity contribution is -0.123. The Kier molecular flexibility index (Phi) is 46.8. The first-order chi connectivity index (χ1) is 27.2. The second kappa shape index (κ2) is 47.5. The van der Waals surface area contributed by atoms with Crippen LogP contribution in [0.5, 0.6) is 0 Å². The van der Waals surface area contributed by atoms with Gasteiger partial charge in [0.25, 0.3) is 0 Å². The average molecular weight is 776 g/mol. The second-order valence-electron chi connectivity index (χ2n) is 17.6. The quantitative estimate of drug-likeness (QED) is 0.0426. The van der Waals surface area contributed by atoms with Crippen LogP contribution in [0.4, 0.5) is 0 Å². The van der Waals surface area contributed by atoms with Crippen LogP contribution in [0.2, 0.25) is 0 Å². The topological polar surface area (TPSA) is 69.6 Å². The molecule has 328 valence electrons. The Morgan fingerprint density at radius 3 is 0.945 bits per heavy atom. The summed E-state index contributed by atoms with van der Waals surface area (Å²) in [6.07, 6.45) is 60.9. The molecule has 0 radical (unpaired) electrons. The Morgan fingerprint density at radius 1 is 0.418 bits per heavy atom. The third kappa shape index (κ3) is 44.1. The van der Waals surface area contributed by atoms with E-state index in [0.29, 0.717) is 6.42 Å². The van der Waals surface area contributed by atoms with E-state index in [0.717, 1.165) is 25.7 Å². The number of rotatable bonds is 47. The van der Waals surface area contributed by atoms with E-state index in [1.807, 2.05) is 6.08 Å². The van der Waals surface area contributed by atoms with E-state index in [1.165, 1.54) is 244 Å². The SMILES string of the molecule is CCCCCCCCC/C=C/[C@@H](O)[C@H](CO)NC(=O)CCCCCCCCCCCCCCCCCCCCCCCCCCCCCCCCCCCC. The van der Waals surface area contributed by atoms with Crippen molar-refractivity contribution in [1.29, 1.82) is 0 Å². The monoisotopic (exact) mass is 776 g/mol. The minimum Gasteiger partial charge on any atom is -0.394 e. The highest BCUT2D eigenvalue weighted by atomic mass is 16.3. The highest BCUT2D eigenvalue weighted by molar-refractivity contribution is 5.76. The molecule has 0 aliphatic heterocycles. The number of hydrogen-bond acceptors (Lipinski definition) is 3. The molecule has 2 atom stereocenters. The van der Waals surface area contributed by atoms with Crippen molar-refractivity contribution >= 4 is 5.91 Å². The van der Waals surface area contributed by atoms with E-state index >= 15 is 0 Å². The van der Waals surface area contributed by atoms with Gasteiger partial charge in [0, 0.05) is 6.42 Å². The maximum Gasteiger partial charge on any atom is 0.220 e. The number of unbranched alkanes of at least 4 members (excludes halogenated alkanes) is 40. The first-order valence-electron chi connectivity index (χ1n) is 25.4. The summed E-state index contributed by atoms with van der Waals surface area (Å²) in [6, 6.07) is -0.615. The first kappa shape index (κ1) is 54.1. The summed E-state index contributed by atoms with van der Waals surface area (Å²) in [4.78, 5) is 12.4. The molecule has 0 bridgehead atoms. The number of carbonyl (C=O) groups excluding carboxylic acids is 1. The smallest absolute Gasteiger partial charge is 0.220 e. The van der Waals surface area contributed by atoms with Gasteiger partial charge < -0.3 is 15.5 Å². The Bertz CT molecular complexity index is 754. The molecule has 0 saturated heterocycles. The molecule has 55 heavy (non-hydrogen) atoms. The molecule has 0 unspecified atom stereocenters. The van der Waals surface area contributed by atoms with Gasteiger partial charge in [0.15, 0.2) is 0 Å². The van der Waals surface area contributed by atoms with Gasteiger partial charge in [-0.1, -0.05) is 276 Å². The number of nitrogens with one attached hydrogen (secondary N) is 1. The van der Waals surface area contributed by atoms with Gasteiger partial charge in [0.1, 0.15) is 0 Å². The molecule has 4 heteroatoms. The summed E-state index contributed by atoms with van der Waals surface area (Å²) in [7, 11) is 0. The molecule has 3 N–H and O–H groups in total. The molecular formula is C51H101NO3. The Balaban J connectivity index is 3.33. The normalized spacial score (nSPS) is 12.9. The lowest BCUT2D eigenvalue weighted by atomic mass is 10.0. The van der Waals surface area contributed by atoms with Crippen LogP contribution in [-0.4, -0.2) is 34.9 Å². The third-order valence-corrected chi connectivity index (χ3v) is 12.0. The molecule has 0 aromatic rings. The summed E-state index contributed by atoms with van der Waals surface area (Å²) in [5.74, 6) is -0.0607. The summed E-state index contributed by atoms with van der Waals surface area (Å²) < 4.78 is 0. The second-order valence-corrected chi connectivity index (χ2v) is 17.6. The zero-order valence-corrected chi connectivity index (χ0v) is 37.7. The number of aliphatic hydroxyl groups excluding tert-OH is 2. The molecule has 0 fully saturated rings. The zero-order chi connectivity index (χ0) is 40.0. The van der Waals surface area contributed by atoms with Crippen LogP contribution < -0.4 is 5.32 Å². The Hall–Kier alpha value is -0.870. The van der Waals surface area contributed by atoms with Gasteiger partial charge in [0.05, 0.1) is 18.8 Å². The van der Waals surface area contributed by atoms with Crippen molar-refractivity contribution in [1.82, 2.24) is 5.32 Å².